The summed E-state index contributed by atoms with van der Waals surface area (Å²) >= 11 is 1.63. The Hall–Kier alpha value is -1.20. The standard InChI is InChI=1S/C15H21NO3S/c1-11-4-3-5-12(8-11)19-13-9-16(10-13)15(18)14(17)6-7-20-2/h3-5,8,13-14,17H,6-7,9-10H2,1-2H3/t14-/m1/s1. The number of aryl methyl sites for hydroxylation is 1. The van der Waals surface area contributed by atoms with Gasteiger partial charge in [-0.15, -0.1) is 0 Å². The Morgan fingerprint density at radius 2 is 2.30 bits per heavy atom. The Kier molecular flexibility index (Phi) is 5.31. The minimum Gasteiger partial charge on any atom is -0.487 e. The molecule has 0 bridgehead atoms. The maximum absolute atomic E-state index is 11.9. The zero-order valence-electron chi connectivity index (χ0n) is 11.9. The molecule has 0 unspecified atom stereocenters. The lowest BCUT2D eigenvalue weighted by molar-refractivity contribution is -0.149. The van der Waals surface area contributed by atoms with Crippen molar-refractivity contribution in [3.63, 3.8) is 0 Å². The molecule has 1 heterocycles. The second-order valence-corrected chi connectivity index (χ2v) is 6.08. The molecule has 110 valence electrons. The van der Waals surface area contributed by atoms with Crippen LogP contribution in [0, 0.1) is 6.92 Å². The number of likely N-dealkylation sites (tertiary alicyclic amines) is 1. The van der Waals surface area contributed by atoms with Gasteiger partial charge in [-0.1, -0.05) is 12.1 Å². The molecule has 1 atom stereocenters. The van der Waals surface area contributed by atoms with Crippen molar-refractivity contribution >= 4 is 17.7 Å². The van der Waals surface area contributed by atoms with Crippen molar-refractivity contribution < 1.29 is 14.6 Å². The molecule has 0 radical (unpaired) electrons. The van der Waals surface area contributed by atoms with Gasteiger partial charge in [0.1, 0.15) is 18.0 Å². The number of rotatable bonds is 6. The van der Waals surface area contributed by atoms with Crippen molar-refractivity contribution in [2.45, 2.75) is 25.6 Å². The van der Waals surface area contributed by atoms with E-state index in [0.717, 1.165) is 17.1 Å². The van der Waals surface area contributed by atoms with Crippen LogP contribution >= 0.6 is 11.8 Å². The summed E-state index contributed by atoms with van der Waals surface area (Å²) in [6, 6.07) is 7.88. The molecule has 2 rings (SSSR count). The zero-order chi connectivity index (χ0) is 14.5. The lowest BCUT2D eigenvalue weighted by Gasteiger charge is -2.40. The fourth-order valence-electron chi connectivity index (χ4n) is 2.14. The van der Waals surface area contributed by atoms with Gasteiger partial charge in [-0.25, -0.2) is 0 Å². The van der Waals surface area contributed by atoms with Crippen LogP contribution in [-0.2, 0) is 4.79 Å². The molecule has 1 N–H and O–H groups in total. The maximum Gasteiger partial charge on any atom is 0.251 e. The Balaban J connectivity index is 1.75. The summed E-state index contributed by atoms with van der Waals surface area (Å²) in [5.74, 6) is 1.46. The number of aliphatic hydroxyl groups is 1. The Morgan fingerprint density at radius 3 is 2.95 bits per heavy atom. The predicted molar refractivity (Wildman–Crippen MR) is 81.2 cm³/mol. The van der Waals surface area contributed by atoms with Gasteiger partial charge in [-0.2, -0.15) is 11.8 Å². The molecular weight excluding hydrogens is 274 g/mol. The number of carbonyl (C=O) groups is 1. The molecule has 0 aromatic heterocycles. The largest absolute Gasteiger partial charge is 0.487 e. The molecule has 1 aromatic carbocycles. The van der Waals surface area contributed by atoms with Gasteiger partial charge in [0.05, 0.1) is 13.1 Å². The summed E-state index contributed by atoms with van der Waals surface area (Å²) in [5, 5.41) is 9.75. The van der Waals surface area contributed by atoms with Crippen molar-refractivity contribution in [2.24, 2.45) is 0 Å². The number of amides is 1. The minimum atomic E-state index is -0.873. The van der Waals surface area contributed by atoms with Gasteiger partial charge in [0.2, 0.25) is 0 Å². The molecule has 4 nitrogen and oxygen atoms in total. The highest BCUT2D eigenvalue weighted by molar-refractivity contribution is 7.98. The molecule has 20 heavy (non-hydrogen) atoms. The van der Waals surface area contributed by atoms with Gasteiger partial charge in [-0.05, 0) is 43.0 Å². The third-order valence-electron chi connectivity index (χ3n) is 3.33. The Morgan fingerprint density at radius 1 is 1.55 bits per heavy atom. The highest BCUT2D eigenvalue weighted by Gasteiger charge is 2.34. The van der Waals surface area contributed by atoms with Crippen molar-refractivity contribution in [3.05, 3.63) is 29.8 Å². The average Bonchev–Trinajstić information content (AvgIpc) is 2.39. The van der Waals surface area contributed by atoms with Gasteiger partial charge >= 0.3 is 0 Å². The average molecular weight is 295 g/mol. The van der Waals surface area contributed by atoms with Crippen molar-refractivity contribution in [3.8, 4) is 5.75 Å². The van der Waals surface area contributed by atoms with Crippen LogP contribution in [0.5, 0.6) is 5.75 Å². The fourth-order valence-corrected chi connectivity index (χ4v) is 2.60. The molecule has 1 aromatic rings. The summed E-state index contributed by atoms with van der Waals surface area (Å²) in [6.07, 6.45) is 1.64. The minimum absolute atomic E-state index is 0.0356. The number of carbonyl (C=O) groups excluding carboxylic acids is 1. The predicted octanol–water partition coefficient (Wildman–Crippen LogP) is 1.70. The molecule has 1 aliphatic rings. The van der Waals surface area contributed by atoms with Crippen LogP contribution in [0.1, 0.15) is 12.0 Å². The van der Waals surface area contributed by atoms with E-state index in [4.69, 9.17) is 4.74 Å². The van der Waals surface area contributed by atoms with E-state index in [1.165, 1.54) is 0 Å². The highest BCUT2D eigenvalue weighted by Crippen LogP contribution is 2.20. The van der Waals surface area contributed by atoms with E-state index in [0.29, 0.717) is 19.5 Å². The first kappa shape index (κ1) is 15.2. The summed E-state index contributed by atoms with van der Waals surface area (Å²) in [4.78, 5) is 13.6. The molecule has 1 saturated heterocycles. The van der Waals surface area contributed by atoms with Crippen LogP contribution in [-0.4, -0.2) is 53.2 Å². The van der Waals surface area contributed by atoms with E-state index >= 15 is 0 Å². The highest BCUT2D eigenvalue weighted by atomic mass is 32.2. The first-order valence-corrected chi connectivity index (χ1v) is 8.18. The van der Waals surface area contributed by atoms with Gasteiger partial charge in [0.25, 0.3) is 5.91 Å². The quantitative estimate of drug-likeness (QED) is 0.868. The summed E-state index contributed by atoms with van der Waals surface area (Å²) in [7, 11) is 0. The second kappa shape index (κ2) is 6.99. The van der Waals surface area contributed by atoms with E-state index < -0.39 is 6.10 Å². The zero-order valence-corrected chi connectivity index (χ0v) is 12.7. The van der Waals surface area contributed by atoms with Crippen molar-refractivity contribution in [1.29, 1.82) is 0 Å². The molecule has 1 aliphatic heterocycles. The molecule has 5 heteroatoms. The summed E-state index contributed by atoms with van der Waals surface area (Å²) < 4.78 is 5.79. The number of thioether (sulfide) groups is 1. The van der Waals surface area contributed by atoms with Crippen LogP contribution in [0.4, 0.5) is 0 Å². The van der Waals surface area contributed by atoms with Gasteiger partial charge in [0, 0.05) is 0 Å². The number of hydrogen-bond acceptors (Lipinski definition) is 4. The molecule has 1 fully saturated rings. The molecule has 0 aliphatic carbocycles. The Bertz CT molecular complexity index is 460. The van der Waals surface area contributed by atoms with Gasteiger partial charge < -0.3 is 14.7 Å². The lowest BCUT2D eigenvalue weighted by atomic mass is 10.1. The van der Waals surface area contributed by atoms with Crippen LogP contribution in [0.3, 0.4) is 0 Å². The van der Waals surface area contributed by atoms with E-state index in [9.17, 15) is 9.90 Å². The number of nitrogens with zero attached hydrogens (tertiary/aromatic N) is 1. The molecule has 0 saturated carbocycles. The van der Waals surface area contributed by atoms with E-state index in [1.807, 2.05) is 37.4 Å². The lowest BCUT2D eigenvalue weighted by Crippen LogP contribution is -2.58. The second-order valence-electron chi connectivity index (χ2n) is 5.10. The fraction of sp³-hybridized carbons (Fsp3) is 0.533. The maximum atomic E-state index is 11.9. The summed E-state index contributed by atoms with van der Waals surface area (Å²) in [6.45, 7) is 3.14. The van der Waals surface area contributed by atoms with E-state index in [2.05, 4.69) is 0 Å². The first-order valence-electron chi connectivity index (χ1n) is 6.79. The van der Waals surface area contributed by atoms with Crippen molar-refractivity contribution in [2.75, 3.05) is 25.1 Å². The Labute approximate surface area is 124 Å². The normalized spacial score (nSPS) is 16.6. The molecule has 0 spiro atoms. The van der Waals surface area contributed by atoms with Crippen molar-refractivity contribution in [1.82, 2.24) is 4.90 Å². The number of aliphatic hydroxyl groups excluding tert-OH is 1. The SMILES string of the molecule is CSCC[C@@H](O)C(=O)N1CC(Oc2cccc(C)c2)C1. The molecular formula is C15H21NO3S. The smallest absolute Gasteiger partial charge is 0.251 e. The third kappa shape index (κ3) is 3.90. The van der Waals surface area contributed by atoms with Crippen LogP contribution in [0.2, 0.25) is 0 Å². The van der Waals surface area contributed by atoms with E-state index in [-0.39, 0.29) is 12.0 Å². The van der Waals surface area contributed by atoms with E-state index in [1.54, 1.807) is 16.7 Å². The first-order chi connectivity index (χ1) is 9.60. The monoisotopic (exact) mass is 295 g/mol. The third-order valence-corrected chi connectivity index (χ3v) is 3.98. The van der Waals surface area contributed by atoms with Gasteiger partial charge in [-0.3, -0.25) is 4.79 Å². The number of hydrogen-bond donors (Lipinski definition) is 1. The molecule has 1 amide bonds. The number of benzene rings is 1. The van der Waals surface area contributed by atoms with Gasteiger partial charge in [0.15, 0.2) is 0 Å². The summed E-state index contributed by atoms with van der Waals surface area (Å²) in [5.41, 5.74) is 1.15. The number of ether oxygens (including phenoxy) is 1. The van der Waals surface area contributed by atoms with Crippen LogP contribution < -0.4 is 4.74 Å². The van der Waals surface area contributed by atoms with Crippen LogP contribution in [0.25, 0.3) is 0 Å². The van der Waals surface area contributed by atoms with Crippen LogP contribution in [0.15, 0.2) is 24.3 Å². The topological polar surface area (TPSA) is 49.8 Å².